The van der Waals surface area contributed by atoms with Crippen molar-refractivity contribution in [3.63, 3.8) is 0 Å². The lowest BCUT2D eigenvalue weighted by Crippen LogP contribution is -2.40. The van der Waals surface area contributed by atoms with Gasteiger partial charge in [-0.3, -0.25) is 9.59 Å². The van der Waals surface area contributed by atoms with Crippen LogP contribution in [-0.2, 0) is 19.7 Å². The molecular formula is C16H20O3. The van der Waals surface area contributed by atoms with Gasteiger partial charge in [-0.2, -0.15) is 0 Å². The number of esters is 1. The van der Waals surface area contributed by atoms with Gasteiger partial charge in [0.2, 0.25) is 0 Å². The van der Waals surface area contributed by atoms with E-state index in [-0.39, 0.29) is 5.78 Å². The third kappa shape index (κ3) is 2.42. The maximum Gasteiger partial charge on any atom is 0.315 e. The molecule has 3 heteroatoms. The second kappa shape index (κ2) is 5.55. The number of benzene rings is 1. The average molecular weight is 260 g/mol. The molecule has 0 heterocycles. The Morgan fingerprint density at radius 1 is 1.16 bits per heavy atom. The number of carbonyl (C=O) groups excluding carboxylic acids is 2. The molecule has 3 nitrogen and oxygen atoms in total. The highest BCUT2D eigenvalue weighted by Gasteiger charge is 2.45. The molecular weight excluding hydrogens is 240 g/mol. The number of hydrogen-bond donors (Lipinski definition) is 0. The predicted molar refractivity (Wildman–Crippen MR) is 72.8 cm³/mol. The van der Waals surface area contributed by atoms with Gasteiger partial charge >= 0.3 is 5.97 Å². The molecule has 0 N–H and O–H groups in total. The molecule has 1 saturated carbocycles. The molecule has 1 aromatic carbocycles. The molecule has 1 fully saturated rings. The summed E-state index contributed by atoms with van der Waals surface area (Å²) in [6.45, 7) is 1.65. The Hall–Kier alpha value is -1.64. The fourth-order valence-corrected chi connectivity index (χ4v) is 3.11. The molecule has 0 bridgehead atoms. The molecule has 1 aliphatic carbocycles. The van der Waals surface area contributed by atoms with Crippen molar-refractivity contribution in [2.24, 2.45) is 5.92 Å². The number of carbonyl (C=O) groups is 2. The molecule has 19 heavy (non-hydrogen) atoms. The van der Waals surface area contributed by atoms with E-state index in [1.807, 2.05) is 30.3 Å². The monoisotopic (exact) mass is 260 g/mol. The van der Waals surface area contributed by atoms with Crippen LogP contribution in [0.25, 0.3) is 0 Å². The van der Waals surface area contributed by atoms with Crippen molar-refractivity contribution in [1.82, 2.24) is 0 Å². The molecule has 0 aromatic heterocycles. The summed E-state index contributed by atoms with van der Waals surface area (Å²) in [5.41, 5.74) is 0.544. The van der Waals surface area contributed by atoms with Crippen molar-refractivity contribution in [3.05, 3.63) is 35.9 Å². The van der Waals surface area contributed by atoms with Crippen LogP contribution < -0.4 is 0 Å². The van der Waals surface area contributed by atoms with E-state index in [0.717, 1.165) is 31.2 Å². The summed E-state index contributed by atoms with van der Waals surface area (Å²) >= 11 is 0. The Bertz CT molecular complexity index is 458. The first-order valence-corrected chi connectivity index (χ1v) is 6.79. The Morgan fingerprint density at radius 3 is 2.26 bits per heavy atom. The Kier molecular flexibility index (Phi) is 4.03. The lowest BCUT2D eigenvalue weighted by Gasteiger charge is -2.30. The third-order valence-corrected chi connectivity index (χ3v) is 4.20. The second-order valence-corrected chi connectivity index (χ2v) is 5.26. The Labute approximate surface area is 114 Å². The maximum atomic E-state index is 12.8. The number of ketones is 1. The van der Waals surface area contributed by atoms with E-state index < -0.39 is 17.3 Å². The zero-order valence-electron chi connectivity index (χ0n) is 11.5. The number of ether oxygens (including phenoxy) is 1. The summed E-state index contributed by atoms with van der Waals surface area (Å²) in [5.74, 6) is -1.13. The van der Waals surface area contributed by atoms with Crippen LogP contribution in [0.5, 0.6) is 0 Å². The van der Waals surface area contributed by atoms with Crippen LogP contribution in [0.15, 0.2) is 30.3 Å². The summed E-state index contributed by atoms with van der Waals surface area (Å²) < 4.78 is 4.71. The molecule has 0 aliphatic heterocycles. The highest BCUT2D eigenvalue weighted by molar-refractivity contribution is 6.04. The van der Waals surface area contributed by atoms with Gasteiger partial charge in [-0.15, -0.1) is 0 Å². The van der Waals surface area contributed by atoms with Crippen molar-refractivity contribution >= 4 is 11.8 Å². The van der Waals surface area contributed by atoms with Crippen molar-refractivity contribution in [2.75, 3.05) is 7.11 Å². The van der Waals surface area contributed by atoms with E-state index in [2.05, 4.69) is 0 Å². The number of hydrogen-bond acceptors (Lipinski definition) is 3. The van der Waals surface area contributed by atoms with Gasteiger partial charge in [0.25, 0.3) is 0 Å². The maximum absolute atomic E-state index is 12.8. The Balaban J connectivity index is 2.35. The first-order chi connectivity index (χ1) is 9.12. The van der Waals surface area contributed by atoms with Crippen molar-refractivity contribution in [2.45, 2.75) is 38.0 Å². The van der Waals surface area contributed by atoms with E-state index in [4.69, 9.17) is 4.74 Å². The van der Waals surface area contributed by atoms with Gasteiger partial charge < -0.3 is 4.74 Å². The van der Waals surface area contributed by atoms with Crippen LogP contribution >= 0.6 is 0 Å². The third-order valence-electron chi connectivity index (χ3n) is 4.20. The summed E-state index contributed by atoms with van der Waals surface area (Å²) in [4.78, 5) is 24.4. The molecule has 0 radical (unpaired) electrons. The Morgan fingerprint density at radius 2 is 1.74 bits per heavy atom. The van der Waals surface area contributed by atoms with E-state index in [0.29, 0.717) is 0 Å². The fourth-order valence-electron chi connectivity index (χ4n) is 3.11. The van der Waals surface area contributed by atoms with E-state index in [1.54, 1.807) is 6.92 Å². The molecule has 1 aromatic rings. The number of rotatable bonds is 4. The zero-order chi connectivity index (χ0) is 13.9. The number of Topliss-reactive ketones (excluding diaryl/α,β-unsaturated/α-hetero) is 1. The van der Waals surface area contributed by atoms with E-state index >= 15 is 0 Å². The van der Waals surface area contributed by atoms with Gasteiger partial charge in [-0.05, 0) is 25.3 Å². The molecule has 0 spiro atoms. The molecule has 0 amide bonds. The van der Waals surface area contributed by atoms with Crippen LogP contribution in [0.3, 0.4) is 0 Å². The minimum absolute atomic E-state index is 0.00282. The largest absolute Gasteiger partial charge is 0.468 e. The van der Waals surface area contributed by atoms with Crippen molar-refractivity contribution in [1.29, 1.82) is 0 Å². The fraction of sp³-hybridized carbons (Fsp3) is 0.500. The van der Waals surface area contributed by atoms with E-state index in [1.165, 1.54) is 7.11 Å². The lowest BCUT2D eigenvalue weighted by atomic mass is 9.71. The summed E-state index contributed by atoms with van der Waals surface area (Å²) in [6.07, 6.45) is 3.73. The predicted octanol–water partition coefficient (Wildman–Crippen LogP) is 2.88. The summed E-state index contributed by atoms with van der Waals surface area (Å²) in [7, 11) is 1.33. The number of methoxy groups -OCH3 is 1. The molecule has 1 atom stereocenters. The second-order valence-electron chi connectivity index (χ2n) is 5.26. The summed E-state index contributed by atoms with van der Waals surface area (Å²) in [6, 6.07) is 9.83. The molecule has 0 saturated heterocycles. The zero-order valence-corrected chi connectivity index (χ0v) is 11.5. The molecule has 1 unspecified atom stereocenters. The van der Waals surface area contributed by atoms with Crippen molar-refractivity contribution < 1.29 is 14.3 Å². The van der Waals surface area contributed by atoms with Crippen LogP contribution in [0.1, 0.15) is 38.2 Å². The topological polar surface area (TPSA) is 43.4 Å². The van der Waals surface area contributed by atoms with Crippen LogP contribution in [0, 0.1) is 5.92 Å². The quantitative estimate of drug-likeness (QED) is 0.617. The highest BCUT2D eigenvalue weighted by atomic mass is 16.5. The van der Waals surface area contributed by atoms with Crippen LogP contribution in [0.2, 0.25) is 0 Å². The average Bonchev–Trinajstić information content (AvgIpc) is 2.96. The molecule has 2 rings (SSSR count). The van der Waals surface area contributed by atoms with Gasteiger partial charge in [0.05, 0.1) is 12.5 Å². The van der Waals surface area contributed by atoms with Crippen LogP contribution in [-0.4, -0.2) is 18.9 Å². The van der Waals surface area contributed by atoms with Gasteiger partial charge in [-0.1, -0.05) is 43.2 Å². The van der Waals surface area contributed by atoms with Gasteiger partial charge in [0.1, 0.15) is 5.92 Å². The molecule has 102 valence electrons. The smallest absolute Gasteiger partial charge is 0.315 e. The van der Waals surface area contributed by atoms with E-state index in [9.17, 15) is 9.59 Å². The van der Waals surface area contributed by atoms with Crippen molar-refractivity contribution in [3.8, 4) is 0 Å². The molecule has 1 aliphatic rings. The van der Waals surface area contributed by atoms with Gasteiger partial charge in [0, 0.05) is 0 Å². The first-order valence-electron chi connectivity index (χ1n) is 6.79. The van der Waals surface area contributed by atoms with Crippen LogP contribution in [0.4, 0.5) is 0 Å². The normalized spacial score (nSPS) is 18.8. The SMILES string of the molecule is COC(=O)C(C)C(=O)C1(c2ccccc2)CCCC1. The minimum atomic E-state index is -0.691. The highest BCUT2D eigenvalue weighted by Crippen LogP contribution is 2.43. The standard InChI is InChI=1S/C16H20O3/c1-12(15(18)19-2)14(17)16(10-6-7-11-16)13-8-4-3-5-9-13/h3-5,8-9,12H,6-7,10-11H2,1-2H3. The minimum Gasteiger partial charge on any atom is -0.468 e. The van der Waals surface area contributed by atoms with Gasteiger partial charge in [0.15, 0.2) is 5.78 Å². The first kappa shape index (κ1) is 13.8. The summed E-state index contributed by atoms with van der Waals surface area (Å²) in [5, 5.41) is 0. The lowest BCUT2D eigenvalue weighted by molar-refractivity contribution is -0.150. The van der Waals surface area contributed by atoms with Gasteiger partial charge in [-0.25, -0.2) is 0 Å².